The van der Waals surface area contributed by atoms with Crippen molar-refractivity contribution >= 4 is 25.5 Å². The predicted molar refractivity (Wildman–Crippen MR) is 75.1 cm³/mol. The summed E-state index contributed by atoms with van der Waals surface area (Å²) in [6.45, 7) is 2.98. The van der Waals surface area contributed by atoms with Gasteiger partial charge in [0.1, 0.15) is 0 Å². The molecule has 0 bridgehead atoms. The molecule has 0 aliphatic heterocycles. The fraction of sp³-hybridized carbons (Fsp3) is 0.455. The van der Waals surface area contributed by atoms with Gasteiger partial charge in [-0.1, -0.05) is 13.0 Å². The summed E-state index contributed by atoms with van der Waals surface area (Å²) in [5, 5.41) is 0. The van der Waals surface area contributed by atoms with E-state index in [0.29, 0.717) is 11.3 Å². The summed E-state index contributed by atoms with van der Waals surface area (Å²) in [6, 6.07) is 4.58. The van der Waals surface area contributed by atoms with Gasteiger partial charge in [-0.25, -0.2) is 21.6 Å². The van der Waals surface area contributed by atoms with Gasteiger partial charge in [0, 0.05) is 18.0 Å². The third kappa shape index (κ3) is 4.19. The molecule has 0 aliphatic carbocycles. The molecular formula is C11H18N2O4S2. The number of hydrogen-bond donors (Lipinski definition) is 2. The molecule has 1 rings (SSSR count). The maximum Gasteiger partial charge on any atom is 0.240 e. The monoisotopic (exact) mass is 306 g/mol. The van der Waals surface area contributed by atoms with Gasteiger partial charge in [0.2, 0.25) is 10.0 Å². The Hall–Kier alpha value is -1.12. The quantitative estimate of drug-likeness (QED) is 0.735. The predicted octanol–water partition coefficient (Wildman–Crippen LogP) is 0.290. The summed E-state index contributed by atoms with van der Waals surface area (Å²) in [7, 11) is -6.93. The SMILES string of the molecule is CCS(=O)(=O)CCNS(=O)(=O)c1cccc(N)c1C. The molecule has 6 nitrogen and oxygen atoms in total. The zero-order valence-corrected chi connectivity index (χ0v) is 12.5. The molecule has 0 atom stereocenters. The van der Waals surface area contributed by atoms with Crippen LogP contribution in [0.15, 0.2) is 23.1 Å². The van der Waals surface area contributed by atoms with Gasteiger partial charge in [-0.05, 0) is 24.6 Å². The number of sulfone groups is 1. The van der Waals surface area contributed by atoms with Crippen molar-refractivity contribution in [2.45, 2.75) is 18.7 Å². The van der Waals surface area contributed by atoms with Gasteiger partial charge in [0.05, 0.1) is 10.6 Å². The number of nitrogen functional groups attached to an aromatic ring is 1. The zero-order chi connectivity index (χ0) is 14.7. The van der Waals surface area contributed by atoms with E-state index in [2.05, 4.69) is 4.72 Å². The van der Waals surface area contributed by atoms with Crippen molar-refractivity contribution in [3.63, 3.8) is 0 Å². The van der Waals surface area contributed by atoms with Gasteiger partial charge in [-0.2, -0.15) is 0 Å². The van der Waals surface area contributed by atoms with E-state index < -0.39 is 19.9 Å². The smallest absolute Gasteiger partial charge is 0.240 e. The van der Waals surface area contributed by atoms with Gasteiger partial charge in [-0.3, -0.25) is 0 Å². The lowest BCUT2D eigenvalue weighted by atomic mass is 10.2. The number of benzene rings is 1. The van der Waals surface area contributed by atoms with Gasteiger partial charge < -0.3 is 5.73 Å². The van der Waals surface area contributed by atoms with E-state index in [9.17, 15) is 16.8 Å². The summed E-state index contributed by atoms with van der Waals surface area (Å²) < 4.78 is 48.9. The third-order valence-electron chi connectivity index (χ3n) is 2.76. The first-order valence-electron chi connectivity index (χ1n) is 5.75. The average Bonchev–Trinajstić information content (AvgIpc) is 2.32. The largest absolute Gasteiger partial charge is 0.398 e. The molecule has 0 spiro atoms. The molecule has 0 heterocycles. The zero-order valence-electron chi connectivity index (χ0n) is 10.9. The first-order chi connectivity index (χ1) is 8.69. The van der Waals surface area contributed by atoms with Crippen molar-refractivity contribution in [1.29, 1.82) is 0 Å². The molecule has 0 fully saturated rings. The second-order valence-electron chi connectivity index (χ2n) is 4.10. The lowest BCUT2D eigenvalue weighted by Gasteiger charge is -2.10. The minimum atomic E-state index is -3.74. The van der Waals surface area contributed by atoms with E-state index in [-0.39, 0.29) is 22.9 Å². The Morgan fingerprint density at radius 2 is 1.84 bits per heavy atom. The molecule has 0 radical (unpaired) electrons. The Kier molecular flexibility index (Phi) is 4.94. The topological polar surface area (TPSA) is 106 Å². The fourth-order valence-corrected chi connectivity index (χ4v) is 3.61. The molecule has 0 saturated carbocycles. The Balaban J connectivity index is 2.86. The van der Waals surface area contributed by atoms with Crippen molar-refractivity contribution in [1.82, 2.24) is 4.72 Å². The Morgan fingerprint density at radius 3 is 2.42 bits per heavy atom. The van der Waals surface area contributed by atoms with Crippen molar-refractivity contribution < 1.29 is 16.8 Å². The first-order valence-corrected chi connectivity index (χ1v) is 9.05. The van der Waals surface area contributed by atoms with Crippen molar-refractivity contribution in [2.75, 3.05) is 23.8 Å². The number of nitrogens with one attached hydrogen (secondary N) is 1. The molecule has 3 N–H and O–H groups in total. The van der Waals surface area contributed by atoms with Crippen LogP contribution in [0.4, 0.5) is 5.69 Å². The highest BCUT2D eigenvalue weighted by atomic mass is 32.2. The molecule has 19 heavy (non-hydrogen) atoms. The normalized spacial score (nSPS) is 12.5. The Bertz CT molecular complexity index is 651. The lowest BCUT2D eigenvalue weighted by molar-refractivity contribution is 0.580. The van der Waals surface area contributed by atoms with Crippen LogP contribution in [0.1, 0.15) is 12.5 Å². The van der Waals surface area contributed by atoms with Crippen molar-refractivity contribution in [2.24, 2.45) is 0 Å². The molecular weight excluding hydrogens is 288 g/mol. The molecule has 1 aromatic carbocycles. The van der Waals surface area contributed by atoms with Crippen LogP contribution < -0.4 is 10.5 Å². The van der Waals surface area contributed by atoms with Crippen LogP contribution in [0.5, 0.6) is 0 Å². The van der Waals surface area contributed by atoms with Crippen LogP contribution in [-0.4, -0.2) is 34.9 Å². The molecule has 0 amide bonds. The third-order valence-corrected chi connectivity index (χ3v) is 6.07. The van der Waals surface area contributed by atoms with Crippen LogP contribution in [0.25, 0.3) is 0 Å². The minimum absolute atomic E-state index is 0.00790. The number of anilines is 1. The molecule has 0 aliphatic rings. The Labute approximate surface area is 114 Å². The Morgan fingerprint density at radius 1 is 1.21 bits per heavy atom. The maximum atomic E-state index is 12.0. The van der Waals surface area contributed by atoms with Crippen LogP contribution in [0.3, 0.4) is 0 Å². The van der Waals surface area contributed by atoms with E-state index in [1.165, 1.54) is 13.0 Å². The van der Waals surface area contributed by atoms with E-state index >= 15 is 0 Å². The highest BCUT2D eigenvalue weighted by Gasteiger charge is 2.18. The van der Waals surface area contributed by atoms with Gasteiger partial charge in [-0.15, -0.1) is 0 Å². The van der Waals surface area contributed by atoms with Gasteiger partial charge >= 0.3 is 0 Å². The van der Waals surface area contributed by atoms with Crippen LogP contribution in [0.2, 0.25) is 0 Å². The lowest BCUT2D eigenvalue weighted by Crippen LogP contribution is -2.30. The number of hydrogen-bond acceptors (Lipinski definition) is 5. The number of sulfonamides is 1. The highest BCUT2D eigenvalue weighted by molar-refractivity contribution is 7.91. The molecule has 0 aromatic heterocycles. The minimum Gasteiger partial charge on any atom is -0.398 e. The number of rotatable bonds is 6. The summed E-state index contributed by atoms with van der Waals surface area (Å²) >= 11 is 0. The molecule has 8 heteroatoms. The summed E-state index contributed by atoms with van der Waals surface area (Å²) in [4.78, 5) is 0.0707. The molecule has 0 unspecified atom stereocenters. The van der Waals surface area contributed by atoms with E-state index in [0.717, 1.165) is 0 Å². The summed E-state index contributed by atoms with van der Waals surface area (Å²) in [5.74, 6) is -0.226. The van der Waals surface area contributed by atoms with Crippen molar-refractivity contribution in [3.05, 3.63) is 23.8 Å². The van der Waals surface area contributed by atoms with E-state index in [4.69, 9.17) is 5.73 Å². The first kappa shape index (κ1) is 15.9. The molecule has 0 saturated heterocycles. The van der Waals surface area contributed by atoms with Gasteiger partial charge in [0.15, 0.2) is 9.84 Å². The second kappa shape index (κ2) is 5.89. The highest BCUT2D eigenvalue weighted by Crippen LogP contribution is 2.19. The maximum absolute atomic E-state index is 12.0. The number of nitrogens with two attached hydrogens (primary N) is 1. The van der Waals surface area contributed by atoms with E-state index in [1.54, 1.807) is 19.1 Å². The van der Waals surface area contributed by atoms with E-state index in [1.807, 2.05) is 0 Å². The fourth-order valence-electron chi connectivity index (χ4n) is 1.48. The molecule has 1 aromatic rings. The standard InChI is InChI=1S/C11H18N2O4S2/c1-3-18(14,15)8-7-13-19(16,17)11-6-4-5-10(12)9(11)2/h4-6,13H,3,7-8,12H2,1-2H3. The van der Waals surface area contributed by atoms with Crippen LogP contribution >= 0.6 is 0 Å². The second-order valence-corrected chi connectivity index (χ2v) is 8.31. The van der Waals surface area contributed by atoms with Gasteiger partial charge in [0.25, 0.3) is 0 Å². The van der Waals surface area contributed by atoms with Crippen LogP contribution in [-0.2, 0) is 19.9 Å². The summed E-state index contributed by atoms with van der Waals surface area (Å²) in [6.07, 6.45) is 0. The molecule has 108 valence electrons. The summed E-state index contributed by atoms with van der Waals surface area (Å²) in [5.41, 5.74) is 6.48. The average molecular weight is 306 g/mol. The van der Waals surface area contributed by atoms with Crippen molar-refractivity contribution in [3.8, 4) is 0 Å². The van der Waals surface area contributed by atoms with Crippen LogP contribution in [0, 0.1) is 6.92 Å².